The van der Waals surface area contributed by atoms with Crippen molar-refractivity contribution in [3.05, 3.63) is 0 Å². The van der Waals surface area contributed by atoms with Crippen LogP contribution in [-0.2, 0) is 19.0 Å². The first-order valence-corrected chi connectivity index (χ1v) is 6.08. The maximum absolute atomic E-state index is 11.4. The van der Waals surface area contributed by atoms with Gasteiger partial charge in [-0.2, -0.15) is 0 Å². The molecule has 0 aromatic carbocycles. The molecule has 0 aliphatic heterocycles. The second kappa shape index (κ2) is 9.85. The van der Waals surface area contributed by atoms with Crippen molar-refractivity contribution in [1.82, 2.24) is 4.90 Å². The highest BCUT2D eigenvalue weighted by atomic mass is 16.7. The van der Waals surface area contributed by atoms with Gasteiger partial charge in [0, 0.05) is 13.7 Å². The lowest BCUT2D eigenvalue weighted by Crippen LogP contribution is -2.34. The van der Waals surface area contributed by atoms with Crippen molar-refractivity contribution in [2.75, 3.05) is 40.0 Å². The number of hydrogen-bond acceptors (Lipinski definition) is 6. The summed E-state index contributed by atoms with van der Waals surface area (Å²) in [6.45, 7) is 7.84. The van der Waals surface area contributed by atoms with E-state index >= 15 is 0 Å². The Labute approximate surface area is 108 Å². The van der Waals surface area contributed by atoms with Crippen LogP contribution in [-0.4, -0.2) is 57.0 Å². The molecule has 0 atom stereocenters. The maximum atomic E-state index is 11.4. The van der Waals surface area contributed by atoms with Crippen LogP contribution >= 0.6 is 0 Å². The van der Waals surface area contributed by atoms with Gasteiger partial charge < -0.3 is 14.2 Å². The highest BCUT2D eigenvalue weighted by Crippen LogP contribution is 1.96. The van der Waals surface area contributed by atoms with Gasteiger partial charge >= 0.3 is 12.1 Å². The van der Waals surface area contributed by atoms with Gasteiger partial charge in [-0.15, -0.1) is 0 Å². The van der Waals surface area contributed by atoms with Gasteiger partial charge in [0.15, 0.2) is 0 Å². The van der Waals surface area contributed by atoms with E-state index in [1.807, 2.05) is 25.7 Å². The molecule has 18 heavy (non-hydrogen) atoms. The fourth-order valence-corrected chi connectivity index (χ4v) is 1.14. The smallest absolute Gasteiger partial charge is 0.434 e. The molecule has 6 heteroatoms. The van der Waals surface area contributed by atoms with Crippen LogP contribution in [0.3, 0.4) is 0 Å². The van der Waals surface area contributed by atoms with E-state index in [1.165, 1.54) is 0 Å². The van der Waals surface area contributed by atoms with Gasteiger partial charge in [0.25, 0.3) is 0 Å². The summed E-state index contributed by atoms with van der Waals surface area (Å²) in [7, 11) is 1.59. The molecule has 0 heterocycles. The van der Waals surface area contributed by atoms with Crippen molar-refractivity contribution in [3.63, 3.8) is 0 Å². The topological polar surface area (TPSA) is 65.1 Å². The zero-order valence-corrected chi connectivity index (χ0v) is 11.6. The molecular formula is C12H23NO5. The summed E-state index contributed by atoms with van der Waals surface area (Å²) < 4.78 is 14.2. The Hall–Kier alpha value is -1.14. The monoisotopic (exact) mass is 261 g/mol. The molecule has 0 spiro atoms. The molecule has 0 fully saturated rings. The third-order valence-electron chi connectivity index (χ3n) is 2.14. The van der Waals surface area contributed by atoms with Gasteiger partial charge in [0.05, 0.1) is 19.8 Å². The van der Waals surface area contributed by atoms with E-state index in [2.05, 4.69) is 4.74 Å². The van der Waals surface area contributed by atoms with E-state index in [9.17, 15) is 9.59 Å². The van der Waals surface area contributed by atoms with E-state index in [0.717, 1.165) is 0 Å². The van der Waals surface area contributed by atoms with Crippen LogP contribution in [0.5, 0.6) is 0 Å². The first-order valence-electron chi connectivity index (χ1n) is 6.08. The number of carbonyl (C=O) groups is 2. The van der Waals surface area contributed by atoms with Crippen LogP contribution < -0.4 is 0 Å². The van der Waals surface area contributed by atoms with E-state index in [-0.39, 0.29) is 19.1 Å². The molecule has 0 bridgehead atoms. The fourth-order valence-electron chi connectivity index (χ4n) is 1.14. The van der Waals surface area contributed by atoms with Crippen molar-refractivity contribution < 1.29 is 23.8 Å². The van der Waals surface area contributed by atoms with Gasteiger partial charge in [-0.3, -0.25) is 9.69 Å². The predicted octanol–water partition coefficient (Wildman–Crippen LogP) is 1.29. The third-order valence-corrected chi connectivity index (χ3v) is 2.14. The summed E-state index contributed by atoms with van der Waals surface area (Å²) >= 11 is 0. The molecule has 0 saturated heterocycles. The third kappa shape index (κ3) is 8.95. The average Bonchev–Trinajstić information content (AvgIpc) is 2.31. The summed E-state index contributed by atoms with van der Waals surface area (Å²) in [6.07, 6.45) is -0.934. The van der Waals surface area contributed by atoms with E-state index in [1.54, 1.807) is 7.11 Å². The van der Waals surface area contributed by atoms with Crippen LogP contribution in [0.25, 0.3) is 0 Å². The Morgan fingerprint density at radius 2 is 1.94 bits per heavy atom. The lowest BCUT2D eigenvalue weighted by molar-refractivity contribution is -0.141. The molecule has 0 unspecified atom stereocenters. The summed E-state index contributed by atoms with van der Waals surface area (Å²) in [5.41, 5.74) is 0. The molecule has 0 aliphatic rings. The number of hydrogen-bond donors (Lipinski definition) is 0. The Kier molecular flexibility index (Phi) is 9.22. The number of nitrogens with zero attached hydrogens (tertiary/aromatic N) is 1. The second-order valence-corrected chi connectivity index (χ2v) is 4.29. The predicted molar refractivity (Wildman–Crippen MR) is 66.3 cm³/mol. The van der Waals surface area contributed by atoms with Crippen LogP contribution in [0, 0.1) is 5.92 Å². The first-order chi connectivity index (χ1) is 8.49. The molecule has 0 aliphatic carbocycles. The summed E-state index contributed by atoms with van der Waals surface area (Å²) in [6, 6.07) is 0. The number of esters is 1. The quantitative estimate of drug-likeness (QED) is 0.484. The summed E-state index contributed by atoms with van der Waals surface area (Å²) in [4.78, 5) is 24.4. The first kappa shape index (κ1) is 16.9. The lowest BCUT2D eigenvalue weighted by atomic mass is 10.2. The van der Waals surface area contributed by atoms with Crippen LogP contribution in [0.1, 0.15) is 20.8 Å². The summed E-state index contributed by atoms with van der Waals surface area (Å²) in [5, 5.41) is 0. The maximum Gasteiger partial charge on any atom is 0.516 e. The zero-order valence-electron chi connectivity index (χ0n) is 11.6. The largest absolute Gasteiger partial charge is 0.516 e. The Morgan fingerprint density at radius 3 is 2.44 bits per heavy atom. The number of rotatable bonds is 8. The number of ether oxygens (including phenoxy) is 3. The average molecular weight is 261 g/mol. The second-order valence-electron chi connectivity index (χ2n) is 4.29. The SMILES string of the molecule is CCN(CCOC)CC(=O)OC(=O)OCC(C)C. The van der Waals surface area contributed by atoms with Crippen molar-refractivity contribution in [3.8, 4) is 0 Å². The van der Waals surface area contributed by atoms with Gasteiger partial charge in [-0.1, -0.05) is 20.8 Å². The Balaban J connectivity index is 3.89. The van der Waals surface area contributed by atoms with Crippen molar-refractivity contribution in [2.45, 2.75) is 20.8 Å². The highest BCUT2D eigenvalue weighted by Gasteiger charge is 2.15. The number of likely N-dealkylation sites (N-methyl/N-ethyl adjacent to an activating group) is 1. The normalized spacial score (nSPS) is 10.8. The number of carbonyl (C=O) groups excluding carboxylic acids is 2. The molecule has 0 N–H and O–H groups in total. The highest BCUT2D eigenvalue weighted by molar-refractivity contribution is 5.83. The van der Waals surface area contributed by atoms with Crippen LogP contribution in [0.15, 0.2) is 0 Å². The van der Waals surface area contributed by atoms with Gasteiger partial charge in [0.2, 0.25) is 0 Å². The standard InChI is InChI=1S/C12H23NO5/c1-5-13(6-7-16-4)8-11(14)18-12(15)17-9-10(2)3/h10H,5-9H2,1-4H3. The van der Waals surface area contributed by atoms with Crippen molar-refractivity contribution in [2.24, 2.45) is 5.92 Å². The molecule has 0 saturated carbocycles. The molecule has 0 amide bonds. The summed E-state index contributed by atoms with van der Waals surface area (Å²) in [5.74, 6) is -0.400. The van der Waals surface area contributed by atoms with Crippen LogP contribution in [0.4, 0.5) is 4.79 Å². The van der Waals surface area contributed by atoms with E-state index < -0.39 is 12.1 Å². The molecule has 0 aromatic heterocycles. The molecule has 106 valence electrons. The van der Waals surface area contributed by atoms with E-state index in [4.69, 9.17) is 9.47 Å². The molecular weight excluding hydrogens is 238 g/mol. The molecule has 0 rings (SSSR count). The Bertz CT molecular complexity index is 255. The molecule has 0 aromatic rings. The van der Waals surface area contributed by atoms with Crippen LogP contribution in [0.2, 0.25) is 0 Å². The van der Waals surface area contributed by atoms with E-state index in [0.29, 0.717) is 19.7 Å². The minimum absolute atomic E-state index is 0.0522. The molecule has 6 nitrogen and oxygen atoms in total. The van der Waals surface area contributed by atoms with Gasteiger partial charge in [-0.05, 0) is 12.5 Å². The van der Waals surface area contributed by atoms with Gasteiger partial charge in [-0.25, -0.2) is 4.79 Å². The minimum Gasteiger partial charge on any atom is -0.434 e. The van der Waals surface area contributed by atoms with Gasteiger partial charge in [0.1, 0.15) is 0 Å². The number of methoxy groups -OCH3 is 1. The minimum atomic E-state index is -0.934. The van der Waals surface area contributed by atoms with Crippen molar-refractivity contribution >= 4 is 12.1 Å². The van der Waals surface area contributed by atoms with Crippen molar-refractivity contribution in [1.29, 1.82) is 0 Å². The zero-order chi connectivity index (χ0) is 14.0. The molecule has 0 radical (unpaired) electrons. The Morgan fingerprint density at radius 1 is 1.28 bits per heavy atom. The lowest BCUT2D eigenvalue weighted by Gasteiger charge is -2.18. The fraction of sp³-hybridized carbons (Fsp3) is 0.833.